The molecule has 2 aromatic carbocycles. The van der Waals surface area contributed by atoms with Gasteiger partial charge in [0.05, 0.1) is 41.0 Å². The topological polar surface area (TPSA) is 228 Å². The number of anilines is 1. The van der Waals surface area contributed by atoms with Crippen molar-refractivity contribution >= 4 is 72.1 Å². The number of ether oxygens (including phenoxy) is 3. The molecule has 3 heterocycles. The van der Waals surface area contributed by atoms with E-state index >= 15 is 8.78 Å². The van der Waals surface area contributed by atoms with Crippen molar-refractivity contribution < 1.29 is 94.1 Å². The van der Waals surface area contributed by atoms with Crippen LogP contribution in [0.2, 0.25) is 5.02 Å². The van der Waals surface area contributed by atoms with Crippen LogP contribution in [0.4, 0.5) is 54.5 Å². The zero-order chi connectivity index (χ0) is 57.1. The van der Waals surface area contributed by atoms with Crippen molar-refractivity contribution in [3.05, 3.63) is 105 Å². The Morgan fingerprint density at radius 3 is 2.16 bits per heavy atom. The number of alkyl halides is 8. The molecule has 1 saturated carbocycles. The number of carbonyl (C=O) groups is 4. The zero-order valence-corrected chi connectivity index (χ0v) is 42.5. The molecule has 3 aromatic heterocycles. The third kappa shape index (κ3) is 12.3. The minimum atomic E-state index is -5.25. The smallest absolute Gasteiger partial charge is 0.435 e. The van der Waals surface area contributed by atoms with Gasteiger partial charge >= 0.3 is 30.4 Å². The van der Waals surface area contributed by atoms with Crippen LogP contribution in [0.1, 0.15) is 66.1 Å². The molecule has 2 aliphatic carbocycles. The first kappa shape index (κ1) is 57.4. The number of amides is 2. The average molecular weight is 1150 g/mol. The van der Waals surface area contributed by atoms with Crippen LogP contribution in [-0.2, 0) is 80.1 Å². The predicted octanol–water partition coefficient (Wildman–Crippen LogP) is 7.42. The Kier molecular flexibility index (Phi) is 15.4. The van der Waals surface area contributed by atoms with Crippen molar-refractivity contribution in [1.82, 2.24) is 29.9 Å². The lowest BCUT2D eigenvalue weighted by molar-refractivity contribution is -0.146. The van der Waals surface area contributed by atoms with E-state index in [1.807, 2.05) is 0 Å². The molecule has 0 bridgehead atoms. The van der Waals surface area contributed by atoms with Crippen LogP contribution in [-0.4, -0.2) is 103 Å². The highest BCUT2D eigenvalue weighted by Crippen LogP contribution is 2.68. The number of sulfone groups is 1. The molecule has 31 heteroatoms. The van der Waals surface area contributed by atoms with Crippen molar-refractivity contribution in [2.75, 3.05) is 30.7 Å². The van der Waals surface area contributed by atoms with Gasteiger partial charge in [0.1, 0.15) is 40.9 Å². The molecule has 0 radical (unpaired) electrons. The maximum atomic E-state index is 15.6. The van der Waals surface area contributed by atoms with Crippen LogP contribution in [0, 0.1) is 29.4 Å². The van der Waals surface area contributed by atoms with E-state index in [9.17, 15) is 71.1 Å². The molecule has 412 valence electrons. The molecule has 1 N–H and O–H groups in total. The average Bonchev–Trinajstić information content (AvgIpc) is 3.99. The fourth-order valence-corrected chi connectivity index (χ4v) is 9.47. The number of sulfonamides is 1. The Bertz CT molecular complexity index is 3570. The number of carbonyl (C=O) groups excluding carboxylic acids is 4. The number of pyridine rings is 1. The van der Waals surface area contributed by atoms with Crippen LogP contribution in [0.15, 0.2) is 54.6 Å². The van der Waals surface area contributed by atoms with Gasteiger partial charge in [0.15, 0.2) is 21.3 Å². The van der Waals surface area contributed by atoms with Crippen molar-refractivity contribution in [3.8, 4) is 23.0 Å². The number of benzene rings is 2. The first-order valence-corrected chi connectivity index (χ1v) is 26.0. The number of hydrogen-bond acceptors (Lipinski definition) is 14. The lowest BCUT2D eigenvalue weighted by Crippen LogP contribution is -2.37. The third-order valence-electron chi connectivity index (χ3n) is 11.9. The molecule has 77 heavy (non-hydrogen) atoms. The van der Waals surface area contributed by atoms with E-state index in [0.29, 0.717) is 24.5 Å². The Balaban J connectivity index is 1.44. The lowest BCUT2D eigenvalue weighted by atomic mass is 9.93. The molecule has 2 amide bonds. The highest BCUT2D eigenvalue weighted by atomic mass is 35.5. The molecule has 2 aliphatic rings. The van der Waals surface area contributed by atoms with Crippen molar-refractivity contribution in [1.29, 1.82) is 0 Å². The van der Waals surface area contributed by atoms with Crippen LogP contribution in [0.3, 0.4) is 0 Å². The number of rotatable bonds is 15. The third-order valence-corrected chi connectivity index (χ3v) is 15.2. The number of fused-ring (bicyclic) bond motifs is 4. The van der Waals surface area contributed by atoms with Gasteiger partial charge in [-0.2, -0.15) is 49.6 Å². The summed E-state index contributed by atoms with van der Waals surface area (Å²) in [5.41, 5.74) is -6.44. The maximum absolute atomic E-state index is 15.6. The van der Waals surface area contributed by atoms with Gasteiger partial charge in [0.25, 0.3) is 5.92 Å². The van der Waals surface area contributed by atoms with Gasteiger partial charge < -0.3 is 19.5 Å². The van der Waals surface area contributed by atoms with Crippen LogP contribution >= 0.6 is 11.6 Å². The van der Waals surface area contributed by atoms with Crippen LogP contribution in [0.25, 0.3) is 22.0 Å². The SMILES string of the molecule is COC(=O)/C=C/C(=O)OCOC(=O)N(c1nn(CC(F)(F)F)c2c(-c3ccc(C#CC(C)(C)S(C)(=O)=O)nc3[C@H](Cc3cc(F)cc(F)c3)NC(=O)Cn3nc(C(F)(F)F)c4c3C(F)(F)[C@@H]3C[C@H]43)ccc(Cl)c12)S(C)(=O)=O. The number of esters is 2. The lowest BCUT2D eigenvalue weighted by Gasteiger charge is -2.23. The van der Waals surface area contributed by atoms with E-state index in [0.717, 1.165) is 49.8 Å². The van der Waals surface area contributed by atoms with Crippen LogP contribution in [0.5, 0.6) is 0 Å². The van der Waals surface area contributed by atoms with Gasteiger partial charge in [-0.3, -0.25) is 14.2 Å². The van der Waals surface area contributed by atoms with E-state index in [-0.39, 0.29) is 36.9 Å². The van der Waals surface area contributed by atoms with Crippen LogP contribution < -0.4 is 9.62 Å². The van der Waals surface area contributed by atoms with Crippen molar-refractivity contribution in [2.45, 2.75) is 74.8 Å². The number of methoxy groups -OCH3 is 1. The number of aromatic nitrogens is 5. The second-order valence-corrected chi connectivity index (χ2v) is 22.7. The molecule has 0 unspecified atom stereocenters. The summed E-state index contributed by atoms with van der Waals surface area (Å²) in [6.45, 7) is -2.37. The van der Waals surface area contributed by atoms with Gasteiger partial charge in [0.2, 0.25) is 22.7 Å². The standard InChI is InChI=1S/C46H38ClF10N7O11S2/c1-43(2,76(4,69)70)13-12-25-6-7-26(27-8-9-30(47)36-38(27)63(20-44(50,51)52)61-41(36)64(77(5,71)72)42(68)75-21-74-34(67)11-10-33(66)73-3)37(58-25)31(16-22-14-23(48)17-24(49)15-22)59-32(65)19-62-40-35(39(60-62)46(55,56)57)28-18-29(28)45(40,53)54/h6-11,14-15,17,28-29,31H,16,18-21H2,1-5H3,(H,59,65)/b11-10+/t28-,29+,31-/m0/s1. The van der Waals surface area contributed by atoms with E-state index in [2.05, 4.69) is 41.8 Å². The van der Waals surface area contributed by atoms with Crippen molar-refractivity contribution in [2.24, 2.45) is 5.92 Å². The monoisotopic (exact) mass is 1150 g/mol. The molecule has 0 aliphatic heterocycles. The normalized spacial score (nSPS) is 16.5. The number of hydrogen-bond donors (Lipinski definition) is 1. The minimum Gasteiger partial charge on any atom is -0.466 e. The molecule has 7 rings (SSSR count). The quantitative estimate of drug-likeness (QED) is 0.0354. The van der Waals surface area contributed by atoms with Gasteiger partial charge in [-0.15, -0.1) is 0 Å². The summed E-state index contributed by atoms with van der Waals surface area (Å²) < 4.78 is 211. The Morgan fingerprint density at radius 2 is 1.56 bits per heavy atom. The highest BCUT2D eigenvalue weighted by Gasteiger charge is 2.68. The predicted molar refractivity (Wildman–Crippen MR) is 249 cm³/mol. The molecule has 3 atom stereocenters. The first-order valence-electron chi connectivity index (χ1n) is 21.9. The Hall–Kier alpha value is -7.26. The zero-order valence-electron chi connectivity index (χ0n) is 40.1. The molecule has 5 aromatic rings. The number of halogens is 11. The van der Waals surface area contributed by atoms with Gasteiger partial charge in [-0.1, -0.05) is 23.6 Å². The van der Waals surface area contributed by atoms with E-state index < -0.39 is 173 Å². The highest BCUT2D eigenvalue weighted by molar-refractivity contribution is 7.93. The van der Waals surface area contributed by atoms with E-state index in [4.69, 9.17) is 16.3 Å². The van der Waals surface area contributed by atoms with E-state index in [1.165, 1.54) is 13.8 Å². The minimum absolute atomic E-state index is 0.151. The van der Waals surface area contributed by atoms with Gasteiger partial charge in [-0.25, -0.2) is 45.0 Å². The fourth-order valence-electron chi connectivity index (χ4n) is 8.23. The summed E-state index contributed by atoms with van der Waals surface area (Å²) in [7, 11) is -8.00. The summed E-state index contributed by atoms with van der Waals surface area (Å²) in [6, 6.07) is 4.33. The number of nitrogens with one attached hydrogen (secondary N) is 1. The molecule has 1 fully saturated rings. The fraction of sp³-hybridized carbons (Fsp3) is 0.370. The second kappa shape index (κ2) is 20.6. The molecule has 18 nitrogen and oxygen atoms in total. The first-order chi connectivity index (χ1) is 35.5. The van der Waals surface area contributed by atoms with Crippen molar-refractivity contribution in [3.63, 3.8) is 0 Å². The summed E-state index contributed by atoms with van der Waals surface area (Å²) in [6.07, 6.45) is -11.1. The van der Waals surface area contributed by atoms with Gasteiger partial charge in [-0.05, 0) is 74.4 Å². The summed E-state index contributed by atoms with van der Waals surface area (Å²) in [5, 5.41) is 8.23. The summed E-state index contributed by atoms with van der Waals surface area (Å²) >= 11 is 6.59. The van der Waals surface area contributed by atoms with E-state index in [1.54, 1.807) is 0 Å². The molecular formula is C46H38ClF10N7O11S2. The summed E-state index contributed by atoms with van der Waals surface area (Å²) in [4.78, 5) is 55.6. The second-order valence-electron chi connectivity index (χ2n) is 17.9. The maximum Gasteiger partial charge on any atom is 0.435 e. The molecule has 0 spiro atoms. The van der Waals surface area contributed by atoms with Gasteiger partial charge in [0, 0.05) is 47.1 Å². The Morgan fingerprint density at radius 1 is 0.922 bits per heavy atom. The largest absolute Gasteiger partial charge is 0.466 e. The number of nitrogens with zero attached hydrogens (tertiary/aromatic N) is 6. The molecular weight excluding hydrogens is 1120 g/mol. The Labute approximate surface area is 434 Å². The summed E-state index contributed by atoms with van der Waals surface area (Å²) in [5.74, 6) is -8.81. The molecule has 0 saturated heterocycles.